The summed E-state index contributed by atoms with van der Waals surface area (Å²) in [5.74, 6) is -0.445. The van der Waals surface area contributed by atoms with Crippen LogP contribution in [0, 0.1) is 12.7 Å². The van der Waals surface area contributed by atoms with Crippen molar-refractivity contribution in [2.45, 2.75) is 16.2 Å². The van der Waals surface area contributed by atoms with Gasteiger partial charge < -0.3 is 0 Å². The van der Waals surface area contributed by atoms with Crippen molar-refractivity contribution in [3.05, 3.63) is 39.6 Å². The van der Waals surface area contributed by atoms with Crippen molar-refractivity contribution >= 4 is 41.0 Å². The van der Waals surface area contributed by atoms with Crippen LogP contribution in [0.4, 0.5) is 4.39 Å². The van der Waals surface area contributed by atoms with Crippen LogP contribution < -0.4 is 0 Å². The molecule has 0 bridgehead atoms. The summed E-state index contributed by atoms with van der Waals surface area (Å²) in [5.41, 5.74) is 0.450. The Morgan fingerprint density at radius 2 is 2.29 bits per heavy atom. The Bertz CT molecular complexity index is 571. The predicted octanol–water partition coefficient (Wildman–Crippen LogP) is 4.21. The van der Waals surface area contributed by atoms with E-state index in [4.69, 9.17) is 11.6 Å². The van der Waals surface area contributed by atoms with E-state index in [0.29, 0.717) is 5.69 Å². The normalized spacial score (nSPS) is 10.5. The SMILES string of the molecule is Cc1sc(Sc2ccc(F)c(Cl)c2)nc1C=O. The van der Waals surface area contributed by atoms with Crippen LogP contribution in [0.15, 0.2) is 27.4 Å². The van der Waals surface area contributed by atoms with Crippen LogP contribution in [0.2, 0.25) is 5.02 Å². The summed E-state index contributed by atoms with van der Waals surface area (Å²) in [6.07, 6.45) is 0.730. The highest BCUT2D eigenvalue weighted by Gasteiger charge is 2.09. The van der Waals surface area contributed by atoms with E-state index in [1.807, 2.05) is 6.92 Å². The monoisotopic (exact) mass is 287 g/mol. The fourth-order valence-corrected chi connectivity index (χ4v) is 3.52. The second-order valence-corrected chi connectivity index (χ2v) is 6.15. The summed E-state index contributed by atoms with van der Waals surface area (Å²) in [5, 5.41) is 0.0823. The lowest BCUT2D eigenvalue weighted by molar-refractivity contribution is 0.111. The summed E-state index contributed by atoms with van der Waals surface area (Å²) in [6.45, 7) is 1.84. The highest BCUT2D eigenvalue weighted by Crippen LogP contribution is 2.33. The van der Waals surface area contributed by atoms with Gasteiger partial charge in [0.05, 0.1) is 5.02 Å². The zero-order valence-electron chi connectivity index (χ0n) is 8.74. The summed E-state index contributed by atoms with van der Waals surface area (Å²) in [4.78, 5) is 16.5. The van der Waals surface area contributed by atoms with Gasteiger partial charge in [0.1, 0.15) is 11.5 Å². The third kappa shape index (κ3) is 2.86. The molecule has 88 valence electrons. The fourth-order valence-electron chi connectivity index (χ4n) is 1.18. The second kappa shape index (κ2) is 5.16. The molecule has 0 aliphatic carbocycles. The molecule has 0 saturated heterocycles. The number of nitrogens with zero attached hydrogens (tertiary/aromatic N) is 1. The zero-order valence-corrected chi connectivity index (χ0v) is 11.1. The minimum atomic E-state index is -0.445. The molecule has 0 N–H and O–H groups in total. The van der Waals surface area contributed by atoms with Gasteiger partial charge in [0.2, 0.25) is 0 Å². The van der Waals surface area contributed by atoms with Gasteiger partial charge in [-0.2, -0.15) is 0 Å². The van der Waals surface area contributed by atoms with Crippen LogP contribution in [-0.2, 0) is 0 Å². The van der Waals surface area contributed by atoms with E-state index in [9.17, 15) is 9.18 Å². The maximum Gasteiger partial charge on any atom is 0.169 e. The molecule has 0 fully saturated rings. The van der Waals surface area contributed by atoms with E-state index in [1.54, 1.807) is 12.1 Å². The van der Waals surface area contributed by atoms with Gasteiger partial charge in [0.25, 0.3) is 0 Å². The van der Waals surface area contributed by atoms with Crippen molar-refractivity contribution in [1.82, 2.24) is 4.98 Å². The molecule has 2 rings (SSSR count). The quantitative estimate of drug-likeness (QED) is 0.792. The summed E-state index contributed by atoms with van der Waals surface area (Å²) in [6, 6.07) is 4.48. The molecule has 0 atom stereocenters. The van der Waals surface area contributed by atoms with Crippen molar-refractivity contribution in [2.24, 2.45) is 0 Å². The van der Waals surface area contributed by atoms with Crippen LogP contribution in [0.3, 0.4) is 0 Å². The number of aromatic nitrogens is 1. The number of benzene rings is 1. The first-order valence-corrected chi connectivity index (χ1v) is 6.67. The molecule has 0 amide bonds. The summed E-state index contributed by atoms with van der Waals surface area (Å²) in [7, 11) is 0. The number of rotatable bonds is 3. The molecular weight excluding hydrogens is 281 g/mol. The van der Waals surface area contributed by atoms with E-state index in [0.717, 1.165) is 20.4 Å². The van der Waals surface area contributed by atoms with E-state index in [2.05, 4.69) is 4.98 Å². The number of aldehydes is 1. The van der Waals surface area contributed by atoms with Crippen LogP contribution in [0.5, 0.6) is 0 Å². The Hall–Kier alpha value is -0.910. The Morgan fingerprint density at radius 3 is 2.88 bits per heavy atom. The Balaban J connectivity index is 2.25. The highest BCUT2D eigenvalue weighted by molar-refractivity contribution is 8.01. The summed E-state index contributed by atoms with van der Waals surface area (Å²) >= 11 is 8.47. The molecule has 0 unspecified atom stereocenters. The number of thiazole rings is 1. The molecule has 6 heteroatoms. The standard InChI is InChI=1S/C11H7ClFNOS2/c1-6-10(5-15)14-11(16-6)17-7-2-3-9(13)8(12)4-7/h2-5H,1H3. The Morgan fingerprint density at radius 1 is 1.53 bits per heavy atom. The fraction of sp³-hybridized carbons (Fsp3) is 0.0909. The molecule has 17 heavy (non-hydrogen) atoms. The maximum atomic E-state index is 13.0. The van der Waals surface area contributed by atoms with Gasteiger partial charge in [0.15, 0.2) is 10.6 Å². The predicted molar refractivity (Wildman–Crippen MR) is 67.8 cm³/mol. The zero-order chi connectivity index (χ0) is 12.4. The van der Waals surface area contributed by atoms with Gasteiger partial charge >= 0.3 is 0 Å². The number of carbonyl (C=O) groups excluding carboxylic acids is 1. The third-order valence-electron chi connectivity index (χ3n) is 2.02. The summed E-state index contributed by atoms with van der Waals surface area (Å²) < 4.78 is 13.7. The molecule has 1 aromatic carbocycles. The Labute approximate surface area is 111 Å². The number of halogens is 2. The number of hydrogen-bond acceptors (Lipinski definition) is 4. The lowest BCUT2D eigenvalue weighted by atomic mass is 10.3. The van der Waals surface area contributed by atoms with Crippen LogP contribution in [0.1, 0.15) is 15.4 Å². The van der Waals surface area contributed by atoms with E-state index < -0.39 is 5.82 Å². The molecule has 1 aromatic heterocycles. The second-order valence-electron chi connectivity index (χ2n) is 3.22. The smallest absolute Gasteiger partial charge is 0.169 e. The average Bonchev–Trinajstić information content (AvgIpc) is 2.64. The van der Waals surface area contributed by atoms with Crippen LogP contribution >= 0.6 is 34.7 Å². The van der Waals surface area contributed by atoms with Gasteiger partial charge in [-0.1, -0.05) is 23.4 Å². The van der Waals surface area contributed by atoms with Gasteiger partial charge in [-0.05, 0) is 25.1 Å². The van der Waals surface area contributed by atoms with Crippen LogP contribution in [-0.4, -0.2) is 11.3 Å². The van der Waals surface area contributed by atoms with Crippen molar-refractivity contribution in [3.8, 4) is 0 Å². The Kier molecular flexibility index (Phi) is 3.81. The first kappa shape index (κ1) is 12.5. The molecule has 1 heterocycles. The third-order valence-corrected chi connectivity index (χ3v) is 4.35. The van der Waals surface area contributed by atoms with Crippen molar-refractivity contribution in [3.63, 3.8) is 0 Å². The molecule has 2 aromatic rings. The molecule has 0 spiro atoms. The van der Waals surface area contributed by atoms with Crippen molar-refractivity contribution in [1.29, 1.82) is 0 Å². The first-order chi connectivity index (χ1) is 8.10. The van der Waals surface area contributed by atoms with Crippen molar-refractivity contribution < 1.29 is 9.18 Å². The minimum absolute atomic E-state index is 0.0823. The first-order valence-electron chi connectivity index (χ1n) is 4.65. The lowest BCUT2D eigenvalue weighted by Gasteiger charge is -1.99. The molecule has 0 aliphatic heterocycles. The topological polar surface area (TPSA) is 30.0 Å². The van der Waals surface area contributed by atoms with Crippen LogP contribution in [0.25, 0.3) is 0 Å². The molecular formula is C11H7ClFNOS2. The minimum Gasteiger partial charge on any atom is -0.296 e. The van der Waals surface area contributed by atoms with Gasteiger partial charge in [-0.3, -0.25) is 4.79 Å². The molecule has 0 aliphatic rings. The lowest BCUT2D eigenvalue weighted by Crippen LogP contribution is -1.81. The molecule has 0 saturated carbocycles. The van der Waals surface area contributed by atoms with Gasteiger partial charge in [0, 0.05) is 9.77 Å². The van der Waals surface area contributed by atoms with Gasteiger partial charge in [-0.25, -0.2) is 9.37 Å². The van der Waals surface area contributed by atoms with E-state index in [1.165, 1.54) is 29.2 Å². The molecule has 2 nitrogen and oxygen atoms in total. The number of aryl methyl sites for hydroxylation is 1. The van der Waals surface area contributed by atoms with E-state index >= 15 is 0 Å². The maximum absolute atomic E-state index is 13.0. The van der Waals surface area contributed by atoms with E-state index in [-0.39, 0.29) is 5.02 Å². The van der Waals surface area contributed by atoms with Gasteiger partial charge in [-0.15, -0.1) is 11.3 Å². The average molecular weight is 288 g/mol. The number of hydrogen-bond donors (Lipinski definition) is 0. The molecule has 0 radical (unpaired) electrons. The highest BCUT2D eigenvalue weighted by atomic mass is 35.5. The number of carbonyl (C=O) groups is 1. The largest absolute Gasteiger partial charge is 0.296 e. The van der Waals surface area contributed by atoms with Crippen molar-refractivity contribution in [2.75, 3.05) is 0 Å².